The van der Waals surface area contributed by atoms with Crippen LogP contribution in [0, 0.1) is 12.8 Å². The summed E-state index contributed by atoms with van der Waals surface area (Å²) in [4.78, 5) is 0. The quantitative estimate of drug-likeness (QED) is 0.815. The summed E-state index contributed by atoms with van der Waals surface area (Å²) in [6.45, 7) is 5.61. The fourth-order valence-electron chi connectivity index (χ4n) is 3.45. The summed E-state index contributed by atoms with van der Waals surface area (Å²) in [5, 5.41) is 3.39. The monoisotopic (exact) mass is 231 g/mol. The highest BCUT2D eigenvalue weighted by atomic mass is 14.8. The van der Waals surface area contributed by atoms with Gasteiger partial charge in [0.05, 0.1) is 0 Å². The van der Waals surface area contributed by atoms with Crippen molar-refractivity contribution in [3.63, 3.8) is 0 Å². The fraction of sp³-hybridized carbons (Fsp3) is 0.625. The molecular weight excluding hydrogens is 206 g/mol. The van der Waals surface area contributed by atoms with E-state index in [0.717, 1.165) is 12.5 Å². The van der Waals surface area contributed by atoms with Gasteiger partial charge in [-0.25, -0.2) is 0 Å². The number of aryl methyl sites for hydroxylation is 1. The van der Waals surface area contributed by atoms with Crippen LogP contribution in [0.25, 0.3) is 0 Å². The maximum absolute atomic E-state index is 3.39. The molecule has 1 heteroatoms. The number of rotatable bonds is 5. The van der Waals surface area contributed by atoms with Crippen LogP contribution in [0.3, 0.4) is 0 Å². The third kappa shape index (κ3) is 2.55. The normalized spacial score (nSPS) is 27.8. The molecule has 1 aliphatic carbocycles. The van der Waals surface area contributed by atoms with Crippen LogP contribution < -0.4 is 5.32 Å². The highest BCUT2D eigenvalue weighted by Crippen LogP contribution is 2.49. The van der Waals surface area contributed by atoms with Gasteiger partial charge in [0.1, 0.15) is 0 Å². The Balaban J connectivity index is 2.14. The van der Waals surface area contributed by atoms with Crippen molar-refractivity contribution in [1.82, 2.24) is 5.32 Å². The van der Waals surface area contributed by atoms with Gasteiger partial charge < -0.3 is 5.32 Å². The summed E-state index contributed by atoms with van der Waals surface area (Å²) in [5.74, 6) is 0.953. The van der Waals surface area contributed by atoms with Crippen molar-refractivity contribution >= 4 is 0 Å². The molecule has 1 fully saturated rings. The summed E-state index contributed by atoms with van der Waals surface area (Å²) in [7, 11) is 2.07. The number of benzene rings is 1. The molecule has 1 aromatic carbocycles. The highest BCUT2D eigenvalue weighted by Gasteiger charge is 2.44. The second kappa shape index (κ2) is 5.22. The molecule has 0 radical (unpaired) electrons. The van der Waals surface area contributed by atoms with Crippen LogP contribution in [-0.2, 0) is 5.41 Å². The van der Waals surface area contributed by atoms with E-state index in [1.807, 2.05) is 0 Å². The SMILES string of the molecule is CCCC1CC(CNC)(c2cccc(C)c2)C1. The van der Waals surface area contributed by atoms with E-state index in [9.17, 15) is 0 Å². The van der Waals surface area contributed by atoms with E-state index in [1.165, 1.54) is 31.2 Å². The Morgan fingerprint density at radius 3 is 2.71 bits per heavy atom. The summed E-state index contributed by atoms with van der Waals surface area (Å²) in [6.07, 6.45) is 5.46. The number of nitrogens with one attached hydrogen (secondary N) is 1. The van der Waals surface area contributed by atoms with Gasteiger partial charge in [-0.15, -0.1) is 0 Å². The lowest BCUT2D eigenvalue weighted by Gasteiger charge is -2.49. The van der Waals surface area contributed by atoms with E-state index in [0.29, 0.717) is 5.41 Å². The highest BCUT2D eigenvalue weighted by molar-refractivity contribution is 5.33. The Bertz CT molecular complexity index is 364. The van der Waals surface area contributed by atoms with Gasteiger partial charge in [-0.2, -0.15) is 0 Å². The van der Waals surface area contributed by atoms with E-state index in [2.05, 4.69) is 50.5 Å². The smallest absolute Gasteiger partial charge is 0.00830 e. The molecule has 1 aliphatic rings. The van der Waals surface area contributed by atoms with Gasteiger partial charge in [-0.05, 0) is 38.3 Å². The van der Waals surface area contributed by atoms with E-state index in [4.69, 9.17) is 0 Å². The zero-order valence-electron chi connectivity index (χ0n) is 11.4. The molecule has 0 unspecified atom stereocenters. The van der Waals surface area contributed by atoms with Crippen molar-refractivity contribution < 1.29 is 0 Å². The van der Waals surface area contributed by atoms with Gasteiger partial charge in [0.2, 0.25) is 0 Å². The molecule has 2 rings (SSSR count). The predicted octanol–water partition coefficient (Wildman–Crippen LogP) is 3.66. The lowest BCUT2D eigenvalue weighted by molar-refractivity contribution is 0.131. The second-order valence-corrected chi connectivity index (χ2v) is 5.74. The van der Waals surface area contributed by atoms with Crippen LogP contribution >= 0.6 is 0 Å². The second-order valence-electron chi connectivity index (χ2n) is 5.74. The third-order valence-corrected chi connectivity index (χ3v) is 4.20. The maximum Gasteiger partial charge on any atom is 0.00830 e. The van der Waals surface area contributed by atoms with E-state index < -0.39 is 0 Å². The molecule has 0 aromatic heterocycles. The van der Waals surface area contributed by atoms with Gasteiger partial charge >= 0.3 is 0 Å². The molecule has 0 amide bonds. The minimum atomic E-state index is 0.417. The first-order valence-electron chi connectivity index (χ1n) is 6.92. The Morgan fingerprint density at radius 2 is 2.12 bits per heavy atom. The third-order valence-electron chi connectivity index (χ3n) is 4.20. The first-order valence-corrected chi connectivity index (χ1v) is 6.92. The molecule has 1 aromatic rings. The molecular formula is C16H25N. The first-order chi connectivity index (χ1) is 8.20. The Kier molecular flexibility index (Phi) is 3.88. The zero-order chi connectivity index (χ0) is 12.3. The van der Waals surface area contributed by atoms with Crippen LogP contribution in [0.2, 0.25) is 0 Å². The minimum absolute atomic E-state index is 0.417. The Hall–Kier alpha value is -0.820. The standard InChI is InChI=1S/C16H25N/c1-4-6-14-10-16(11-14,12-17-3)15-8-5-7-13(2)9-15/h5,7-9,14,17H,4,6,10-12H2,1-3H3. The molecule has 94 valence electrons. The van der Waals surface area contributed by atoms with E-state index in [-0.39, 0.29) is 0 Å². The van der Waals surface area contributed by atoms with Crippen LogP contribution in [-0.4, -0.2) is 13.6 Å². The van der Waals surface area contributed by atoms with Crippen molar-refractivity contribution in [2.24, 2.45) is 5.92 Å². The molecule has 0 spiro atoms. The predicted molar refractivity (Wildman–Crippen MR) is 74.4 cm³/mol. The van der Waals surface area contributed by atoms with E-state index >= 15 is 0 Å². The molecule has 1 nitrogen and oxygen atoms in total. The zero-order valence-corrected chi connectivity index (χ0v) is 11.4. The topological polar surface area (TPSA) is 12.0 Å². The number of likely N-dealkylation sites (N-methyl/N-ethyl adjacent to an activating group) is 1. The fourth-order valence-corrected chi connectivity index (χ4v) is 3.45. The van der Waals surface area contributed by atoms with E-state index in [1.54, 1.807) is 5.56 Å². The average Bonchev–Trinajstić information content (AvgIpc) is 2.26. The van der Waals surface area contributed by atoms with Crippen molar-refractivity contribution in [2.45, 2.75) is 44.9 Å². The van der Waals surface area contributed by atoms with Gasteiger partial charge in [-0.1, -0.05) is 49.6 Å². The molecule has 0 aliphatic heterocycles. The van der Waals surface area contributed by atoms with Crippen LogP contribution in [0.5, 0.6) is 0 Å². The Labute approximate surface area is 106 Å². The molecule has 17 heavy (non-hydrogen) atoms. The number of hydrogen-bond acceptors (Lipinski definition) is 1. The molecule has 1 saturated carbocycles. The molecule has 0 bridgehead atoms. The maximum atomic E-state index is 3.39. The summed E-state index contributed by atoms with van der Waals surface area (Å²) >= 11 is 0. The number of hydrogen-bond donors (Lipinski definition) is 1. The van der Waals surface area contributed by atoms with Gasteiger partial charge in [0.15, 0.2) is 0 Å². The summed E-state index contributed by atoms with van der Waals surface area (Å²) in [6, 6.07) is 9.08. The molecule has 0 saturated heterocycles. The van der Waals surface area contributed by atoms with Crippen LogP contribution in [0.1, 0.15) is 43.7 Å². The van der Waals surface area contributed by atoms with Crippen molar-refractivity contribution in [3.05, 3.63) is 35.4 Å². The average molecular weight is 231 g/mol. The van der Waals surface area contributed by atoms with Gasteiger partial charge in [-0.3, -0.25) is 0 Å². The molecule has 0 atom stereocenters. The van der Waals surface area contributed by atoms with Crippen LogP contribution in [0.15, 0.2) is 24.3 Å². The summed E-state index contributed by atoms with van der Waals surface area (Å²) in [5.41, 5.74) is 3.34. The Morgan fingerprint density at radius 1 is 1.35 bits per heavy atom. The van der Waals surface area contributed by atoms with Crippen molar-refractivity contribution in [1.29, 1.82) is 0 Å². The lowest BCUT2D eigenvalue weighted by atomic mass is 9.57. The molecule has 0 heterocycles. The van der Waals surface area contributed by atoms with Gasteiger partial charge in [0, 0.05) is 12.0 Å². The summed E-state index contributed by atoms with van der Waals surface area (Å²) < 4.78 is 0. The van der Waals surface area contributed by atoms with Crippen molar-refractivity contribution in [2.75, 3.05) is 13.6 Å². The van der Waals surface area contributed by atoms with Gasteiger partial charge in [0.25, 0.3) is 0 Å². The lowest BCUT2D eigenvalue weighted by Crippen LogP contribution is -2.47. The minimum Gasteiger partial charge on any atom is -0.319 e. The first kappa shape index (κ1) is 12.6. The molecule has 1 N–H and O–H groups in total. The van der Waals surface area contributed by atoms with Crippen LogP contribution in [0.4, 0.5) is 0 Å². The largest absolute Gasteiger partial charge is 0.319 e. The van der Waals surface area contributed by atoms with Crippen molar-refractivity contribution in [3.8, 4) is 0 Å².